The van der Waals surface area contributed by atoms with Crippen LogP contribution in [0.5, 0.6) is 5.75 Å². The highest BCUT2D eigenvalue weighted by molar-refractivity contribution is 6.05. The Morgan fingerprint density at radius 3 is 2.21 bits per heavy atom. The van der Waals surface area contributed by atoms with E-state index in [-0.39, 0.29) is 17.5 Å². The van der Waals surface area contributed by atoms with Crippen LogP contribution in [0.25, 0.3) is 6.08 Å². The fourth-order valence-electron chi connectivity index (χ4n) is 2.98. The second-order valence-corrected chi connectivity index (χ2v) is 6.75. The van der Waals surface area contributed by atoms with Crippen LogP contribution >= 0.6 is 0 Å². The number of carbonyl (C=O) groups is 2. The summed E-state index contributed by atoms with van der Waals surface area (Å²) in [7, 11) is 3.64. The number of nitrogens with one attached hydrogen (secondary N) is 1. The Hall–Kier alpha value is -3.12. The number of nitrogens with zero attached hydrogens (tertiary/aromatic N) is 2. The first-order valence-electron chi connectivity index (χ1n) is 9.27. The molecule has 1 aliphatic heterocycles. The monoisotopic (exact) mass is 379 g/mol. The summed E-state index contributed by atoms with van der Waals surface area (Å²) in [6.07, 6.45) is 1.71. The fourth-order valence-corrected chi connectivity index (χ4v) is 2.98. The standard InChI is InChI=1S/C22H25N3O3/c1-24-12-14-25(15-13-24)22(27)20(16-17-8-10-19(28-2)11-9-17)23-21(26)18-6-4-3-5-7-18/h3-11,16H,12-15H2,1-2H3,(H,23,26)/b20-16-. The van der Waals surface area contributed by atoms with Crippen molar-refractivity contribution in [1.29, 1.82) is 0 Å². The van der Waals surface area contributed by atoms with Crippen LogP contribution in [-0.2, 0) is 4.79 Å². The van der Waals surface area contributed by atoms with Gasteiger partial charge < -0.3 is 19.9 Å². The van der Waals surface area contributed by atoms with Crippen molar-refractivity contribution in [2.75, 3.05) is 40.3 Å². The van der Waals surface area contributed by atoms with Crippen molar-refractivity contribution < 1.29 is 14.3 Å². The highest BCUT2D eigenvalue weighted by Crippen LogP contribution is 2.15. The fraction of sp³-hybridized carbons (Fsp3) is 0.273. The summed E-state index contributed by atoms with van der Waals surface area (Å²) in [5, 5.41) is 2.80. The van der Waals surface area contributed by atoms with Gasteiger partial charge in [-0.15, -0.1) is 0 Å². The zero-order valence-corrected chi connectivity index (χ0v) is 16.2. The molecule has 0 spiro atoms. The number of ether oxygens (including phenoxy) is 1. The van der Waals surface area contributed by atoms with Gasteiger partial charge in [-0.05, 0) is 43.0 Å². The predicted molar refractivity (Wildman–Crippen MR) is 109 cm³/mol. The number of methoxy groups -OCH3 is 1. The Morgan fingerprint density at radius 1 is 0.964 bits per heavy atom. The van der Waals surface area contributed by atoms with Gasteiger partial charge in [0.05, 0.1) is 7.11 Å². The third kappa shape index (κ3) is 4.98. The minimum atomic E-state index is -0.303. The molecule has 2 aromatic rings. The van der Waals surface area contributed by atoms with Gasteiger partial charge in [0, 0.05) is 31.7 Å². The first kappa shape index (κ1) is 19.6. The van der Waals surface area contributed by atoms with E-state index in [1.807, 2.05) is 37.4 Å². The molecule has 1 saturated heterocycles. The topological polar surface area (TPSA) is 61.9 Å². The summed E-state index contributed by atoms with van der Waals surface area (Å²) in [6.45, 7) is 2.90. The molecule has 0 aromatic heterocycles. The van der Waals surface area contributed by atoms with E-state index in [0.29, 0.717) is 18.7 Å². The number of benzene rings is 2. The molecule has 2 aromatic carbocycles. The number of amides is 2. The Balaban J connectivity index is 1.85. The van der Waals surface area contributed by atoms with Crippen LogP contribution in [0.2, 0.25) is 0 Å². The molecule has 6 nitrogen and oxygen atoms in total. The van der Waals surface area contributed by atoms with Gasteiger partial charge >= 0.3 is 0 Å². The molecule has 0 aliphatic carbocycles. The van der Waals surface area contributed by atoms with Gasteiger partial charge in [-0.1, -0.05) is 30.3 Å². The van der Waals surface area contributed by atoms with E-state index >= 15 is 0 Å². The maximum Gasteiger partial charge on any atom is 0.270 e. The Bertz CT molecular complexity index is 839. The number of hydrogen-bond acceptors (Lipinski definition) is 4. The number of hydrogen-bond donors (Lipinski definition) is 1. The third-order valence-corrected chi connectivity index (χ3v) is 4.73. The average Bonchev–Trinajstić information content (AvgIpc) is 2.74. The van der Waals surface area contributed by atoms with Crippen molar-refractivity contribution in [3.8, 4) is 5.75 Å². The Kier molecular flexibility index (Phi) is 6.45. The molecular formula is C22H25N3O3. The molecule has 0 bridgehead atoms. The van der Waals surface area contributed by atoms with E-state index < -0.39 is 0 Å². The highest BCUT2D eigenvalue weighted by Gasteiger charge is 2.23. The van der Waals surface area contributed by atoms with Gasteiger partial charge in [0.15, 0.2) is 0 Å². The van der Waals surface area contributed by atoms with E-state index in [0.717, 1.165) is 24.4 Å². The predicted octanol–water partition coefficient (Wildman–Crippen LogP) is 2.24. The molecule has 6 heteroatoms. The molecule has 1 heterocycles. The van der Waals surface area contributed by atoms with Gasteiger partial charge in [0.25, 0.3) is 11.8 Å². The first-order valence-corrected chi connectivity index (χ1v) is 9.27. The van der Waals surface area contributed by atoms with Crippen LogP contribution in [0.15, 0.2) is 60.3 Å². The summed E-state index contributed by atoms with van der Waals surface area (Å²) >= 11 is 0. The van der Waals surface area contributed by atoms with Gasteiger partial charge in [-0.2, -0.15) is 0 Å². The Morgan fingerprint density at radius 2 is 1.61 bits per heavy atom. The lowest BCUT2D eigenvalue weighted by molar-refractivity contribution is -0.128. The van der Waals surface area contributed by atoms with Crippen molar-refractivity contribution in [1.82, 2.24) is 15.1 Å². The lowest BCUT2D eigenvalue weighted by Gasteiger charge is -2.33. The average molecular weight is 379 g/mol. The molecule has 1 N–H and O–H groups in total. The molecule has 1 fully saturated rings. The van der Waals surface area contributed by atoms with Crippen LogP contribution in [0.4, 0.5) is 0 Å². The van der Waals surface area contributed by atoms with Crippen molar-refractivity contribution in [3.05, 3.63) is 71.4 Å². The molecule has 2 amide bonds. The third-order valence-electron chi connectivity index (χ3n) is 4.73. The molecule has 0 radical (unpaired) electrons. The number of piperazine rings is 1. The summed E-state index contributed by atoms with van der Waals surface area (Å²) in [5.41, 5.74) is 1.59. The molecule has 3 rings (SSSR count). The number of rotatable bonds is 5. The summed E-state index contributed by atoms with van der Waals surface area (Å²) in [5.74, 6) is 0.258. The summed E-state index contributed by atoms with van der Waals surface area (Å²) in [4.78, 5) is 29.7. The molecular weight excluding hydrogens is 354 g/mol. The smallest absolute Gasteiger partial charge is 0.270 e. The minimum absolute atomic E-state index is 0.173. The van der Waals surface area contributed by atoms with Crippen LogP contribution in [0.3, 0.4) is 0 Å². The lowest BCUT2D eigenvalue weighted by Crippen LogP contribution is -2.49. The second-order valence-electron chi connectivity index (χ2n) is 6.75. The molecule has 0 saturated carbocycles. The maximum absolute atomic E-state index is 13.1. The Labute approximate surface area is 165 Å². The minimum Gasteiger partial charge on any atom is -0.497 e. The molecule has 28 heavy (non-hydrogen) atoms. The van der Waals surface area contributed by atoms with Gasteiger partial charge in [0.1, 0.15) is 11.4 Å². The molecule has 0 atom stereocenters. The SMILES string of the molecule is COc1ccc(/C=C(\NC(=O)c2ccccc2)C(=O)N2CCN(C)CC2)cc1. The van der Waals surface area contributed by atoms with Gasteiger partial charge in [-0.25, -0.2) is 0 Å². The summed E-state index contributed by atoms with van der Waals surface area (Å²) in [6, 6.07) is 16.2. The number of likely N-dealkylation sites (N-methyl/N-ethyl adjacent to an activating group) is 1. The van der Waals surface area contributed by atoms with E-state index in [1.165, 1.54) is 0 Å². The molecule has 1 aliphatic rings. The van der Waals surface area contributed by atoms with Gasteiger partial charge in [0.2, 0.25) is 0 Å². The summed E-state index contributed by atoms with van der Waals surface area (Å²) < 4.78 is 5.18. The van der Waals surface area contributed by atoms with E-state index in [1.54, 1.807) is 42.4 Å². The quantitative estimate of drug-likeness (QED) is 0.810. The molecule has 0 unspecified atom stereocenters. The molecule has 146 valence electrons. The second kappa shape index (κ2) is 9.19. The van der Waals surface area contributed by atoms with Crippen molar-refractivity contribution in [3.63, 3.8) is 0 Å². The maximum atomic E-state index is 13.1. The van der Waals surface area contributed by atoms with Crippen molar-refractivity contribution in [2.24, 2.45) is 0 Å². The van der Waals surface area contributed by atoms with Crippen molar-refractivity contribution in [2.45, 2.75) is 0 Å². The number of carbonyl (C=O) groups excluding carboxylic acids is 2. The first-order chi connectivity index (χ1) is 13.6. The van der Waals surface area contributed by atoms with Gasteiger partial charge in [-0.3, -0.25) is 9.59 Å². The lowest BCUT2D eigenvalue weighted by atomic mass is 10.1. The van der Waals surface area contributed by atoms with Crippen LogP contribution in [0.1, 0.15) is 15.9 Å². The highest BCUT2D eigenvalue weighted by atomic mass is 16.5. The van der Waals surface area contributed by atoms with E-state index in [2.05, 4.69) is 10.2 Å². The van der Waals surface area contributed by atoms with Crippen molar-refractivity contribution >= 4 is 17.9 Å². The van der Waals surface area contributed by atoms with E-state index in [9.17, 15) is 9.59 Å². The zero-order chi connectivity index (χ0) is 19.9. The zero-order valence-electron chi connectivity index (χ0n) is 16.2. The largest absolute Gasteiger partial charge is 0.497 e. The van der Waals surface area contributed by atoms with E-state index in [4.69, 9.17) is 4.74 Å². The van der Waals surface area contributed by atoms with Crippen LogP contribution in [-0.4, -0.2) is 62.0 Å². The normalized spacial score (nSPS) is 15.2. The van der Waals surface area contributed by atoms with Crippen LogP contribution < -0.4 is 10.1 Å². The van der Waals surface area contributed by atoms with Crippen LogP contribution in [0, 0.1) is 0 Å².